The number of ether oxygens (including phenoxy) is 1. The number of nitrogens with zero attached hydrogens (tertiary/aromatic N) is 2. The molecule has 144 valence electrons. The Morgan fingerprint density at radius 3 is 2.68 bits per heavy atom. The minimum Gasteiger partial charge on any atom is -0.493 e. The summed E-state index contributed by atoms with van der Waals surface area (Å²) >= 11 is 6.17. The molecule has 0 bridgehead atoms. The summed E-state index contributed by atoms with van der Waals surface area (Å²) in [6, 6.07) is 6.60. The van der Waals surface area contributed by atoms with Gasteiger partial charge in [0.15, 0.2) is 5.82 Å². The highest BCUT2D eigenvalue weighted by atomic mass is 35.5. The fourth-order valence-electron chi connectivity index (χ4n) is 3.06. The third-order valence-electron chi connectivity index (χ3n) is 4.40. The number of hydrogen-bond acceptors (Lipinski definition) is 4. The molecule has 0 saturated carbocycles. The van der Waals surface area contributed by atoms with Crippen molar-refractivity contribution in [3.05, 3.63) is 81.0 Å². The van der Waals surface area contributed by atoms with Crippen molar-refractivity contribution in [3.63, 3.8) is 0 Å². The molecule has 1 unspecified atom stereocenters. The Kier molecular flexibility index (Phi) is 4.72. The molecule has 0 aliphatic carbocycles. The van der Waals surface area contributed by atoms with Gasteiger partial charge in [0, 0.05) is 18.1 Å². The number of anilines is 1. The molecule has 1 aliphatic heterocycles. The summed E-state index contributed by atoms with van der Waals surface area (Å²) in [6.45, 7) is 0.402. The topological polar surface area (TPSA) is 56.1 Å². The van der Waals surface area contributed by atoms with Gasteiger partial charge in [-0.05, 0) is 30.3 Å². The molecule has 28 heavy (non-hydrogen) atoms. The normalized spacial score (nSPS) is 15.6. The Labute approximate surface area is 162 Å². The number of halogens is 4. The molecule has 1 aliphatic rings. The highest BCUT2D eigenvalue weighted by Gasteiger charge is 2.24. The first-order valence-corrected chi connectivity index (χ1v) is 8.74. The molecule has 4 rings (SSSR count). The number of aromatic nitrogens is 2. The summed E-state index contributed by atoms with van der Waals surface area (Å²) < 4.78 is 46.9. The molecule has 2 heterocycles. The minimum atomic E-state index is -0.944. The second kappa shape index (κ2) is 7.20. The maximum atomic E-state index is 14.0. The quantitative estimate of drug-likeness (QED) is 0.705. The second-order valence-corrected chi connectivity index (χ2v) is 6.58. The predicted molar refractivity (Wildman–Crippen MR) is 97.6 cm³/mol. The van der Waals surface area contributed by atoms with E-state index in [-0.39, 0.29) is 22.4 Å². The van der Waals surface area contributed by atoms with Crippen molar-refractivity contribution < 1.29 is 17.9 Å². The maximum Gasteiger partial charge on any atom is 0.292 e. The standard InChI is InChI=1S/C19H13ClF3N3O2/c20-18-15(25-14-5-6-28-17-4-2-10(21)7-12(14)17)9-24-26(19(18)27)16-3-1-11(22)8-13(16)23/h1-4,7-9,14,25H,5-6H2. The van der Waals surface area contributed by atoms with Crippen LogP contribution < -0.4 is 15.6 Å². The van der Waals surface area contributed by atoms with Crippen LogP contribution in [0.5, 0.6) is 5.75 Å². The van der Waals surface area contributed by atoms with Gasteiger partial charge in [0.05, 0.1) is 24.5 Å². The first kappa shape index (κ1) is 18.4. The van der Waals surface area contributed by atoms with Crippen LogP contribution in [0.25, 0.3) is 5.69 Å². The second-order valence-electron chi connectivity index (χ2n) is 6.20. The Morgan fingerprint density at radius 2 is 1.89 bits per heavy atom. The van der Waals surface area contributed by atoms with Crippen molar-refractivity contribution in [3.8, 4) is 11.4 Å². The molecule has 3 aromatic rings. The van der Waals surface area contributed by atoms with Crippen LogP contribution in [0.15, 0.2) is 47.4 Å². The lowest BCUT2D eigenvalue weighted by Gasteiger charge is -2.27. The molecule has 0 radical (unpaired) electrons. The smallest absolute Gasteiger partial charge is 0.292 e. The number of hydrogen-bond donors (Lipinski definition) is 1. The Hall–Kier alpha value is -3.00. The van der Waals surface area contributed by atoms with E-state index in [1.165, 1.54) is 24.4 Å². The molecule has 1 atom stereocenters. The van der Waals surface area contributed by atoms with E-state index in [1.807, 2.05) is 0 Å². The highest BCUT2D eigenvalue weighted by molar-refractivity contribution is 6.33. The van der Waals surface area contributed by atoms with Gasteiger partial charge in [-0.2, -0.15) is 9.78 Å². The summed E-state index contributed by atoms with van der Waals surface area (Å²) in [5.41, 5.74) is -0.189. The van der Waals surface area contributed by atoms with Crippen LogP contribution in [-0.2, 0) is 0 Å². The fourth-order valence-corrected chi connectivity index (χ4v) is 3.24. The summed E-state index contributed by atoms with van der Waals surface area (Å²) in [5, 5.41) is 6.78. The Bertz CT molecular complexity index is 1120. The molecular weight excluding hydrogens is 395 g/mol. The highest BCUT2D eigenvalue weighted by Crippen LogP contribution is 2.35. The van der Waals surface area contributed by atoms with Crippen LogP contribution in [0, 0.1) is 17.5 Å². The predicted octanol–water partition coefficient (Wildman–Crippen LogP) is 4.24. The van der Waals surface area contributed by atoms with Crippen molar-refractivity contribution in [2.75, 3.05) is 11.9 Å². The van der Waals surface area contributed by atoms with Crippen molar-refractivity contribution in [1.29, 1.82) is 0 Å². The lowest BCUT2D eigenvalue weighted by Crippen LogP contribution is -2.26. The molecule has 5 nitrogen and oxygen atoms in total. The van der Waals surface area contributed by atoms with E-state index >= 15 is 0 Å². The van der Waals surface area contributed by atoms with E-state index in [1.54, 1.807) is 0 Å². The largest absolute Gasteiger partial charge is 0.493 e. The summed E-state index contributed by atoms with van der Waals surface area (Å²) in [6.07, 6.45) is 1.78. The molecular formula is C19H13ClF3N3O2. The zero-order chi connectivity index (χ0) is 19.8. The van der Waals surface area contributed by atoms with Gasteiger partial charge >= 0.3 is 0 Å². The first-order valence-electron chi connectivity index (χ1n) is 8.36. The van der Waals surface area contributed by atoms with Gasteiger partial charge in [0.1, 0.15) is 28.1 Å². The van der Waals surface area contributed by atoms with E-state index in [9.17, 15) is 18.0 Å². The molecule has 0 fully saturated rings. The maximum absolute atomic E-state index is 14.0. The number of benzene rings is 2. The monoisotopic (exact) mass is 407 g/mol. The summed E-state index contributed by atoms with van der Waals surface area (Å²) in [7, 11) is 0. The van der Waals surface area contributed by atoms with E-state index in [0.29, 0.717) is 30.4 Å². The van der Waals surface area contributed by atoms with Gasteiger partial charge in [0.2, 0.25) is 0 Å². The summed E-state index contributed by atoms with van der Waals surface area (Å²) in [4.78, 5) is 12.6. The van der Waals surface area contributed by atoms with Gasteiger partial charge < -0.3 is 10.1 Å². The van der Waals surface area contributed by atoms with Crippen LogP contribution in [0.3, 0.4) is 0 Å². The van der Waals surface area contributed by atoms with Gasteiger partial charge in [-0.3, -0.25) is 4.79 Å². The SMILES string of the molecule is O=c1c(Cl)c(NC2CCOc3ccc(F)cc32)cnn1-c1ccc(F)cc1F. The first-order chi connectivity index (χ1) is 13.4. The van der Waals surface area contributed by atoms with Crippen molar-refractivity contribution in [1.82, 2.24) is 9.78 Å². The molecule has 2 aromatic carbocycles. The average molecular weight is 408 g/mol. The van der Waals surface area contributed by atoms with E-state index in [2.05, 4.69) is 10.4 Å². The molecule has 0 spiro atoms. The fraction of sp³-hybridized carbons (Fsp3) is 0.158. The minimum absolute atomic E-state index is 0.215. The Morgan fingerprint density at radius 1 is 1.14 bits per heavy atom. The van der Waals surface area contributed by atoms with Gasteiger partial charge in [-0.25, -0.2) is 13.2 Å². The third kappa shape index (κ3) is 3.31. The molecule has 9 heteroatoms. The van der Waals surface area contributed by atoms with Crippen molar-refractivity contribution in [2.24, 2.45) is 0 Å². The van der Waals surface area contributed by atoms with Crippen molar-refractivity contribution in [2.45, 2.75) is 12.5 Å². The van der Waals surface area contributed by atoms with Crippen LogP contribution >= 0.6 is 11.6 Å². The third-order valence-corrected chi connectivity index (χ3v) is 4.76. The van der Waals surface area contributed by atoms with Gasteiger partial charge in [-0.15, -0.1) is 0 Å². The van der Waals surface area contributed by atoms with Gasteiger partial charge in [0.25, 0.3) is 5.56 Å². The zero-order valence-electron chi connectivity index (χ0n) is 14.3. The summed E-state index contributed by atoms with van der Waals surface area (Å²) in [5.74, 6) is -1.59. The average Bonchev–Trinajstić information content (AvgIpc) is 2.67. The van der Waals surface area contributed by atoms with Crippen LogP contribution in [0.1, 0.15) is 18.0 Å². The molecule has 1 aromatic heterocycles. The zero-order valence-corrected chi connectivity index (χ0v) is 15.0. The van der Waals surface area contributed by atoms with E-state index < -0.39 is 23.0 Å². The van der Waals surface area contributed by atoms with Crippen LogP contribution in [-0.4, -0.2) is 16.4 Å². The lowest BCUT2D eigenvalue weighted by atomic mass is 10.00. The Balaban J connectivity index is 1.69. The number of nitrogens with one attached hydrogen (secondary N) is 1. The van der Waals surface area contributed by atoms with E-state index in [0.717, 1.165) is 16.8 Å². The van der Waals surface area contributed by atoms with E-state index in [4.69, 9.17) is 16.3 Å². The number of rotatable bonds is 3. The molecule has 0 saturated heterocycles. The van der Waals surface area contributed by atoms with Gasteiger partial charge in [-0.1, -0.05) is 11.6 Å². The van der Waals surface area contributed by atoms with Crippen LogP contribution in [0.4, 0.5) is 18.9 Å². The molecule has 1 N–H and O–H groups in total. The molecule has 0 amide bonds. The van der Waals surface area contributed by atoms with Crippen LogP contribution in [0.2, 0.25) is 5.02 Å². The number of fused-ring (bicyclic) bond motifs is 1. The van der Waals surface area contributed by atoms with Crippen molar-refractivity contribution >= 4 is 17.3 Å². The lowest BCUT2D eigenvalue weighted by molar-refractivity contribution is 0.273.